The summed E-state index contributed by atoms with van der Waals surface area (Å²) in [5.74, 6) is -1.04. The average Bonchev–Trinajstić information content (AvgIpc) is 3.62. The number of ketones is 2. The lowest BCUT2D eigenvalue weighted by atomic mass is 9.83. The first kappa shape index (κ1) is 28.0. The number of epoxide rings is 1. The number of benzene rings is 1. The van der Waals surface area contributed by atoms with Crippen molar-refractivity contribution in [3.05, 3.63) is 35.9 Å². The zero-order valence-corrected chi connectivity index (χ0v) is 22.4. The molecule has 3 saturated heterocycles. The predicted molar refractivity (Wildman–Crippen MR) is 140 cm³/mol. The molecule has 3 fully saturated rings. The summed E-state index contributed by atoms with van der Waals surface area (Å²) in [6, 6.07) is 7.21. The molecule has 0 bridgehead atoms. The summed E-state index contributed by atoms with van der Waals surface area (Å²) in [7, 11) is 0. The number of nitrogens with one attached hydrogen (secondary N) is 2. The number of Topliss-reactive ketones (excluding diaryl/α,β-unsaturated/α-hetero) is 2. The van der Waals surface area contributed by atoms with Crippen LogP contribution in [0.3, 0.4) is 0 Å². The molecular weight excluding hydrogens is 486 g/mol. The largest absolute Gasteiger partial charge is 0.365 e. The van der Waals surface area contributed by atoms with Crippen LogP contribution in [0.4, 0.5) is 0 Å². The Hall–Kier alpha value is -3.07. The molecule has 0 spiro atoms. The third-order valence-corrected chi connectivity index (χ3v) is 7.77. The van der Waals surface area contributed by atoms with Gasteiger partial charge in [-0.05, 0) is 31.2 Å². The number of unbranched alkanes of at least 4 members (excludes halogenated alkanes) is 2. The topological polar surface area (TPSA) is 125 Å². The van der Waals surface area contributed by atoms with Crippen LogP contribution in [-0.4, -0.2) is 71.6 Å². The quantitative estimate of drug-likeness (QED) is 0.376. The molecule has 206 valence electrons. The number of ether oxygens (including phenoxy) is 1. The van der Waals surface area contributed by atoms with Crippen molar-refractivity contribution in [1.82, 2.24) is 15.5 Å². The third-order valence-electron chi connectivity index (χ3n) is 7.77. The summed E-state index contributed by atoms with van der Waals surface area (Å²) in [5.41, 5.74) is -0.158. The molecule has 38 heavy (non-hydrogen) atoms. The number of hydrogen-bond donors (Lipinski definition) is 2. The Bertz CT molecular complexity index is 1050. The minimum absolute atomic E-state index is 0.0537. The van der Waals surface area contributed by atoms with Crippen molar-refractivity contribution in [2.75, 3.05) is 13.2 Å². The van der Waals surface area contributed by atoms with Crippen LogP contribution < -0.4 is 10.6 Å². The smallest absolute Gasteiger partial charge is 0.246 e. The fourth-order valence-corrected chi connectivity index (χ4v) is 5.35. The standard InChI is InChI=1S/C29H39N3O6/c1-29(2)17-24(34)20(12-7-4-8-14-23(33)25-18-38-25)30-26(35)22-13-9-15-32(22)27(36)21(31-28(29)37)16-19-10-5-3-6-11-19/h3,5-6,10-11,20-22,25H,4,7-9,12-18H2,1-2H3,(H,30,35)(H,31,37)/t20-,21-,22+,25?/m0/s1. The van der Waals surface area contributed by atoms with Crippen LogP contribution in [-0.2, 0) is 35.1 Å². The van der Waals surface area contributed by atoms with Crippen LogP contribution in [0.2, 0.25) is 0 Å². The van der Waals surface area contributed by atoms with E-state index in [2.05, 4.69) is 10.6 Å². The number of rotatable bonds is 9. The third kappa shape index (κ3) is 7.07. The van der Waals surface area contributed by atoms with Gasteiger partial charge in [0.2, 0.25) is 17.7 Å². The maximum absolute atomic E-state index is 13.7. The van der Waals surface area contributed by atoms with Crippen molar-refractivity contribution >= 4 is 29.3 Å². The molecule has 1 aromatic carbocycles. The first-order valence-corrected chi connectivity index (χ1v) is 13.8. The molecule has 1 aromatic rings. The summed E-state index contributed by atoms with van der Waals surface area (Å²) in [6.45, 7) is 4.33. The Morgan fingerprint density at radius 3 is 2.47 bits per heavy atom. The molecule has 3 aliphatic rings. The number of carbonyl (C=O) groups is 5. The van der Waals surface area contributed by atoms with E-state index < -0.39 is 23.5 Å². The number of fused-ring (bicyclic) bond motifs is 1. The minimum Gasteiger partial charge on any atom is -0.365 e. The molecule has 0 radical (unpaired) electrons. The van der Waals surface area contributed by atoms with E-state index in [0.29, 0.717) is 58.1 Å². The fraction of sp³-hybridized carbons (Fsp3) is 0.621. The van der Waals surface area contributed by atoms with Crippen molar-refractivity contribution in [3.8, 4) is 0 Å². The van der Waals surface area contributed by atoms with Crippen LogP contribution in [0.15, 0.2) is 30.3 Å². The lowest BCUT2D eigenvalue weighted by Crippen LogP contribution is -2.58. The average molecular weight is 526 g/mol. The van der Waals surface area contributed by atoms with E-state index in [1.165, 1.54) is 0 Å². The predicted octanol–water partition coefficient (Wildman–Crippen LogP) is 2.11. The highest BCUT2D eigenvalue weighted by atomic mass is 16.6. The van der Waals surface area contributed by atoms with Crippen molar-refractivity contribution in [2.45, 2.75) is 95.9 Å². The highest BCUT2D eigenvalue weighted by Gasteiger charge is 2.42. The zero-order chi connectivity index (χ0) is 27.3. The number of nitrogens with zero attached hydrogens (tertiary/aromatic N) is 1. The first-order chi connectivity index (χ1) is 18.2. The van der Waals surface area contributed by atoms with Gasteiger partial charge < -0.3 is 20.3 Å². The maximum Gasteiger partial charge on any atom is 0.246 e. The molecule has 0 aliphatic carbocycles. The second-order valence-corrected chi connectivity index (χ2v) is 11.4. The Labute approximate surface area is 224 Å². The van der Waals surface area contributed by atoms with Crippen LogP contribution in [0.25, 0.3) is 0 Å². The number of amides is 3. The van der Waals surface area contributed by atoms with Crippen LogP contribution in [0.5, 0.6) is 0 Å². The molecule has 9 heteroatoms. The second kappa shape index (κ2) is 12.2. The summed E-state index contributed by atoms with van der Waals surface area (Å²) in [4.78, 5) is 67.2. The highest BCUT2D eigenvalue weighted by Crippen LogP contribution is 2.26. The van der Waals surface area contributed by atoms with Gasteiger partial charge in [-0.25, -0.2) is 0 Å². The normalized spacial score (nSPS) is 27.6. The Balaban J connectivity index is 1.48. The van der Waals surface area contributed by atoms with Crippen LogP contribution in [0.1, 0.15) is 70.8 Å². The van der Waals surface area contributed by atoms with Gasteiger partial charge in [-0.1, -0.05) is 57.0 Å². The van der Waals surface area contributed by atoms with Gasteiger partial charge in [0.25, 0.3) is 0 Å². The first-order valence-electron chi connectivity index (χ1n) is 13.8. The summed E-state index contributed by atoms with van der Waals surface area (Å²) in [5, 5.41) is 5.84. The molecule has 0 aromatic heterocycles. The van der Waals surface area contributed by atoms with E-state index in [0.717, 1.165) is 12.0 Å². The lowest BCUT2D eigenvalue weighted by molar-refractivity contribution is -0.145. The molecule has 9 nitrogen and oxygen atoms in total. The fourth-order valence-electron chi connectivity index (χ4n) is 5.35. The van der Waals surface area contributed by atoms with Gasteiger partial charge in [0.1, 0.15) is 18.2 Å². The zero-order valence-electron chi connectivity index (χ0n) is 22.4. The van der Waals surface area contributed by atoms with Crippen molar-refractivity contribution in [3.63, 3.8) is 0 Å². The van der Waals surface area contributed by atoms with Gasteiger partial charge in [-0.3, -0.25) is 24.0 Å². The van der Waals surface area contributed by atoms with E-state index >= 15 is 0 Å². The molecule has 2 N–H and O–H groups in total. The van der Waals surface area contributed by atoms with Crippen LogP contribution >= 0.6 is 0 Å². The molecular formula is C29H39N3O6. The molecule has 3 heterocycles. The second-order valence-electron chi connectivity index (χ2n) is 11.4. The monoisotopic (exact) mass is 525 g/mol. The summed E-state index contributed by atoms with van der Waals surface area (Å²) >= 11 is 0. The number of carbonyl (C=O) groups excluding carboxylic acids is 5. The van der Waals surface area contributed by atoms with Crippen LogP contribution in [0, 0.1) is 5.41 Å². The van der Waals surface area contributed by atoms with E-state index in [1.807, 2.05) is 30.3 Å². The van der Waals surface area contributed by atoms with E-state index in [1.54, 1.807) is 18.7 Å². The van der Waals surface area contributed by atoms with Gasteiger partial charge in [-0.2, -0.15) is 0 Å². The van der Waals surface area contributed by atoms with Crippen molar-refractivity contribution in [2.24, 2.45) is 5.41 Å². The Morgan fingerprint density at radius 2 is 1.76 bits per heavy atom. The lowest BCUT2D eigenvalue weighted by Gasteiger charge is -2.34. The van der Waals surface area contributed by atoms with Crippen molar-refractivity contribution in [1.29, 1.82) is 0 Å². The Morgan fingerprint density at radius 1 is 1.03 bits per heavy atom. The van der Waals surface area contributed by atoms with Gasteiger partial charge in [-0.15, -0.1) is 0 Å². The highest BCUT2D eigenvalue weighted by molar-refractivity contribution is 5.98. The molecule has 0 saturated carbocycles. The van der Waals surface area contributed by atoms with Gasteiger partial charge >= 0.3 is 0 Å². The van der Waals surface area contributed by atoms with E-state index in [9.17, 15) is 24.0 Å². The van der Waals surface area contributed by atoms with E-state index in [4.69, 9.17) is 4.74 Å². The van der Waals surface area contributed by atoms with E-state index in [-0.39, 0.29) is 41.8 Å². The SMILES string of the molecule is CC1(C)CC(=O)[C@H](CCCCCC(=O)C2CO2)NC(=O)[C@H]2CCCN2C(=O)[C@H](Cc2ccccc2)NC1=O. The summed E-state index contributed by atoms with van der Waals surface area (Å²) in [6.07, 6.45) is 4.20. The molecule has 4 atom stereocenters. The number of hydrogen-bond acceptors (Lipinski definition) is 6. The molecule has 4 rings (SSSR count). The van der Waals surface area contributed by atoms with Gasteiger partial charge in [0, 0.05) is 25.8 Å². The minimum atomic E-state index is -1.06. The summed E-state index contributed by atoms with van der Waals surface area (Å²) < 4.78 is 5.02. The molecule has 3 amide bonds. The van der Waals surface area contributed by atoms with Gasteiger partial charge in [0.15, 0.2) is 11.6 Å². The molecule has 1 unspecified atom stereocenters. The van der Waals surface area contributed by atoms with Crippen molar-refractivity contribution < 1.29 is 28.7 Å². The maximum atomic E-state index is 13.7. The molecule has 3 aliphatic heterocycles. The Kier molecular flexibility index (Phi) is 8.97. The van der Waals surface area contributed by atoms with Gasteiger partial charge in [0.05, 0.1) is 18.1 Å².